The van der Waals surface area contributed by atoms with Crippen LogP contribution in [0.4, 0.5) is 11.4 Å². The van der Waals surface area contributed by atoms with Gasteiger partial charge in [-0.3, -0.25) is 19.2 Å². The molecule has 0 aliphatic rings. The molecule has 0 bridgehead atoms. The Labute approximate surface area is 264 Å². The van der Waals surface area contributed by atoms with Gasteiger partial charge in [-0.05, 0) is 92.4 Å². The van der Waals surface area contributed by atoms with E-state index in [4.69, 9.17) is 11.5 Å². The first kappa shape index (κ1) is 34.4. The van der Waals surface area contributed by atoms with Gasteiger partial charge in [0, 0.05) is 59.8 Å². The fourth-order valence-electron chi connectivity index (χ4n) is 4.57. The summed E-state index contributed by atoms with van der Waals surface area (Å²) in [7, 11) is 0. The maximum atomic E-state index is 12.6. The summed E-state index contributed by atoms with van der Waals surface area (Å²) in [6.07, 6.45) is 6.72. The van der Waals surface area contributed by atoms with Crippen LogP contribution in [-0.2, 0) is 0 Å². The maximum absolute atomic E-state index is 12.6. The Morgan fingerprint density at radius 3 is 1.04 bits per heavy atom. The third-order valence-corrected chi connectivity index (χ3v) is 7.14. The van der Waals surface area contributed by atoms with Gasteiger partial charge in [-0.2, -0.15) is 0 Å². The molecule has 9 N–H and O–H groups in total. The monoisotopic (exact) mass is 616 g/mol. The highest BCUT2D eigenvalue weighted by Gasteiger charge is 2.13. The van der Waals surface area contributed by atoms with Crippen molar-refractivity contribution in [3.8, 4) is 5.75 Å². The highest BCUT2D eigenvalue weighted by atomic mass is 16.3. The first-order valence-electron chi connectivity index (χ1n) is 15.4. The molecule has 4 amide bonds. The zero-order valence-corrected chi connectivity index (χ0v) is 25.6. The predicted octanol–water partition coefficient (Wildman–Crippen LogP) is 4.00. The second-order valence-electron chi connectivity index (χ2n) is 10.9. The summed E-state index contributed by atoms with van der Waals surface area (Å²) in [6.45, 7) is 2.04. The number of carbonyl (C=O) groups is 4. The highest BCUT2D eigenvalue weighted by Crippen LogP contribution is 2.16. The number of benzene rings is 3. The van der Waals surface area contributed by atoms with Crippen molar-refractivity contribution < 1.29 is 24.3 Å². The average Bonchev–Trinajstić information content (AvgIpc) is 3.03. The molecule has 0 spiro atoms. The topological polar surface area (TPSA) is 189 Å². The van der Waals surface area contributed by atoms with E-state index in [0.717, 1.165) is 51.4 Å². The molecule has 3 aromatic rings. The normalized spacial score (nSPS) is 10.6. The lowest BCUT2D eigenvalue weighted by molar-refractivity contribution is 0.0938. The van der Waals surface area contributed by atoms with Crippen LogP contribution in [-0.4, -0.2) is 54.9 Å². The zero-order valence-electron chi connectivity index (χ0n) is 25.6. The van der Waals surface area contributed by atoms with E-state index in [1.165, 1.54) is 18.2 Å². The minimum absolute atomic E-state index is 0.133. The third-order valence-electron chi connectivity index (χ3n) is 7.14. The van der Waals surface area contributed by atoms with Crippen LogP contribution in [0.25, 0.3) is 0 Å². The summed E-state index contributed by atoms with van der Waals surface area (Å²) in [5.41, 5.74) is 14.1. The van der Waals surface area contributed by atoms with Gasteiger partial charge in [0.2, 0.25) is 0 Å². The number of hydrogen-bond donors (Lipinski definition) is 7. The van der Waals surface area contributed by atoms with Gasteiger partial charge in [0.1, 0.15) is 5.75 Å². The van der Waals surface area contributed by atoms with E-state index < -0.39 is 0 Å². The van der Waals surface area contributed by atoms with E-state index in [1.807, 2.05) is 0 Å². The molecule has 0 saturated heterocycles. The number of unbranched alkanes of at least 4 members (excludes halogenated alkanes) is 6. The Morgan fingerprint density at radius 2 is 0.733 bits per heavy atom. The Balaban J connectivity index is 1.24. The molecule has 45 heavy (non-hydrogen) atoms. The lowest BCUT2D eigenvalue weighted by Gasteiger charge is -2.10. The number of phenolic OH excluding ortho intramolecular Hbond substituents is 1. The second-order valence-corrected chi connectivity index (χ2v) is 10.9. The van der Waals surface area contributed by atoms with Crippen LogP contribution < -0.4 is 32.7 Å². The molecular formula is C34H44N6O5. The van der Waals surface area contributed by atoms with Gasteiger partial charge in [-0.25, -0.2) is 0 Å². The Hall–Kier alpha value is -5.06. The van der Waals surface area contributed by atoms with E-state index in [1.54, 1.807) is 48.5 Å². The zero-order chi connectivity index (χ0) is 32.4. The molecule has 0 radical (unpaired) electrons. The van der Waals surface area contributed by atoms with E-state index in [9.17, 15) is 24.3 Å². The Bertz CT molecular complexity index is 1310. The molecular weight excluding hydrogens is 572 g/mol. The fourth-order valence-corrected chi connectivity index (χ4v) is 4.57. The molecule has 0 aromatic heterocycles. The van der Waals surface area contributed by atoms with Crippen LogP contribution in [0.1, 0.15) is 92.8 Å². The SMILES string of the molecule is Nc1ccc(C(=O)NCCCCCCNC(=O)c2cc(O)cc(C(=O)NCCCCCCNC(=O)c3ccc(N)cc3)c2)cc1. The van der Waals surface area contributed by atoms with Crippen molar-refractivity contribution >= 4 is 35.0 Å². The quantitative estimate of drug-likeness (QED) is 0.0830. The van der Waals surface area contributed by atoms with Gasteiger partial charge in [0.25, 0.3) is 23.6 Å². The number of phenols is 1. The number of nitrogens with one attached hydrogen (secondary N) is 4. The summed E-state index contributed by atoms with van der Waals surface area (Å²) < 4.78 is 0. The van der Waals surface area contributed by atoms with E-state index in [-0.39, 0.29) is 40.5 Å². The largest absolute Gasteiger partial charge is 0.508 e. The summed E-state index contributed by atoms with van der Waals surface area (Å²) in [5, 5.41) is 21.5. The number of hydrogen-bond acceptors (Lipinski definition) is 7. The van der Waals surface area contributed by atoms with Gasteiger partial charge < -0.3 is 37.8 Å². The second kappa shape index (κ2) is 18.6. The summed E-state index contributed by atoms with van der Waals surface area (Å²) in [4.78, 5) is 49.4. The van der Waals surface area contributed by atoms with Gasteiger partial charge in [0.15, 0.2) is 0 Å². The van der Waals surface area contributed by atoms with E-state index in [0.29, 0.717) is 48.7 Å². The molecule has 0 heterocycles. The number of aromatic hydroxyl groups is 1. The van der Waals surface area contributed by atoms with Crippen LogP contribution >= 0.6 is 0 Å². The summed E-state index contributed by atoms with van der Waals surface area (Å²) >= 11 is 0. The molecule has 3 aromatic carbocycles. The average molecular weight is 617 g/mol. The van der Waals surface area contributed by atoms with Crippen molar-refractivity contribution in [1.82, 2.24) is 21.3 Å². The minimum atomic E-state index is -0.362. The predicted molar refractivity (Wildman–Crippen MR) is 176 cm³/mol. The number of carbonyl (C=O) groups excluding carboxylic acids is 4. The standard InChI is InChI=1S/C34H44N6O5/c35-28-13-9-24(10-14-28)31(42)37-17-5-1-3-7-19-39-33(44)26-21-27(23-30(41)22-26)34(45)40-20-8-4-2-6-18-38-32(43)25-11-15-29(36)16-12-25/h9-16,21-23,41H,1-8,17-20,35-36H2,(H,37,42)(H,38,43)(H,39,44)(H,40,45). The maximum Gasteiger partial charge on any atom is 0.251 e. The van der Waals surface area contributed by atoms with Gasteiger partial charge in [0.05, 0.1) is 0 Å². The molecule has 0 saturated carbocycles. The fraction of sp³-hybridized carbons (Fsp3) is 0.353. The molecule has 0 atom stereocenters. The van der Waals surface area contributed by atoms with E-state index >= 15 is 0 Å². The Morgan fingerprint density at radius 1 is 0.444 bits per heavy atom. The smallest absolute Gasteiger partial charge is 0.251 e. The van der Waals surface area contributed by atoms with E-state index in [2.05, 4.69) is 21.3 Å². The molecule has 240 valence electrons. The minimum Gasteiger partial charge on any atom is -0.508 e. The van der Waals surface area contributed by atoms with Crippen LogP contribution in [0.5, 0.6) is 5.75 Å². The van der Waals surface area contributed by atoms with Gasteiger partial charge in [-0.1, -0.05) is 25.7 Å². The van der Waals surface area contributed by atoms with Crippen molar-refractivity contribution in [2.45, 2.75) is 51.4 Å². The van der Waals surface area contributed by atoms with Crippen molar-refractivity contribution in [2.24, 2.45) is 0 Å². The lowest BCUT2D eigenvalue weighted by Crippen LogP contribution is -2.27. The molecule has 0 fully saturated rings. The number of rotatable bonds is 18. The molecule has 11 heteroatoms. The van der Waals surface area contributed by atoms with Crippen molar-refractivity contribution in [3.63, 3.8) is 0 Å². The van der Waals surface area contributed by atoms with Gasteiger partial charge >= 0.3 is 0 Å². The Kier molecular flexibility index (Phi) is 14.2. The summed E-state index contributed by atoms with van der Waals surface area (Å²) in [5.74, 6) is -1.15. The number of amides is 4. The van der Waals surface area contributed by atoms with Crippen molar-refractivity contribution in [2.75, 3.05) is 37.6 Å². The van der Waals surface area contributed by atoms with Crippen LogP contribution in [0.3, 0.4) is 0 Å². The van der Waals surface area contributed by atoms with Crippen LogP contribution in [0.2, 0.25) is 0 Å². The number of nitrogen functional groups attached to an aromatic ring is 2. The van der Waals surface area contributed by atoms with Crippen LogP contribution in [0.15, 0.2) is 66.7 Å². The number of anilines is 2. The van der Waals surface area contributed by atoms with Gasteiger partial charge in [-0.15, -0.1) is 0 Å². The molecule has 0 aliphatic carbocycles. The highest BCUT2D eigenvalue weighted by molar-refractivity contribution is 6.00. The number of nitrogens with two attached hydrogens (primary N) is 2. The van der Waals surface area contributed by atoms with Crippen molar-refractivity contribution in [3.05, 3.63) is 89.0 Å². The third kappa shape index (κ3) is 12.6. The first-order chi connectivity index (χ1) is 21.7. The molecule has 11 nitrogen and oxygen atoms in total. The molecule has 3 rings (SSSR count). The van der Waals surface area contributed by atoms with Crippen molar-refractivity contribution in [1.29, 1.82) is 0 Å². The summed E-state index contributed by atoms with van der Waals surface area (Å²) in [6, 6.07) is 17.7. The van der Waals surface area contributed by atoms with Crippen LogP contribution in [0, 0.1) is 0 Å². The first-order valence-corrected chi connectivity index (χ1v) is 15.4. The molecule has 0 unspecified atom stereocenters. The lowest BCUT2D eigenvalue weighted by atomic mass is 10.1. The molecule has 0 aliphatic heterocycles.